The van der Waals surface area contributed by atoms with Gasteiger partial charge in [0.2, 0.25) is 0 Å². The standard InChI is InChI=1S/C29H28FNO2/c1-5-6-21(15-19(3)32)22-9-13-28-24(16-22)10-14-29(33-28)26-17-23(8-12-27(26)30)25-11-7-18(2)31-20(25)4/h7-9,11-13,16-17,21,29H,10,14-15H2,1-4H3. The molecule has 0 fully saturated rings. The second-order valence-electron chi connectivity index (χ2n) is 8.69. The SMILES string of the molecule is CC#CC(CC(C)=O)c1ccc2c(c1)CCC(c1cc(-c3ccc(C)nc3C)ccc1F)O2. The molecule has 0 radical (unpaired) electrons. The number of fused-ring (bicyclic) bond motifs is 1. The molecule has 3 aromatic rings. The summed E-state index contributed by atoms with van der Waals surface area (Å²) in [4.78, 5) is 16.2. The molecule has 1 aromatic heterocycles. The van der Waals surface area contributed by atoms with E-state index in [4.69, 9.17) is 4.74 Å². The number of nitrogens with zero attached hydrogens (tertiary/aromatic N) is 1. The third-order valence-corrected chi connectivity index (χ3v) is 6.12. The molecule has 0 saturated heterocycles. The predicted molar refractivity (Wildman–Crippen MR) is 129 cm³/mol. The average molecular weight is 442 g/mol. The topological polar surface area (TPSA) is 39.2 Å². The Balaban J connectivity index is 1.61. The largest absolute Gasteiger partial charge is 0.485 e. The van der Waals surface area contributed by atoms with E-state index in [2.05, 4.69) is 22.9 Å². The number of benzene rings is 2. The number of carbonyl (C=O) groups excluding carboxylic acids is 1. The van der Waals surface area contributed by atoms with Gasteiger partial charge in [-0.2, -0.15) is 0 Å². The summed E-state index contributed by atoms with van der Waals surface area (Å²) in [6, 6.07) is 15.2. The lowest BCUT2D eigenvalue weighted by Gasteiger charge is -2.28. The molecule has 2 unspecified atom stereocenters. The minimum Gasteiger partial charge on any atom is -0.485 e. The van der Waals surface area contributed by atoms with Crippen LogP contribution in [0.1, 0.15) is 66.8 Å². The maximum atomic E-state index is 14.8. The molecular formula is C29H28FNO2. The Morgan fingerprint density at radius 1 is 1.18 bits per heavy atom. The first kappa shape index (κ1) is 22.7. The fraction of sp³-hybridized carbons (Fsp3) is 0.310. The van der Waals surface area contributed by atoms with E-state index in [0.29, 0.717) is 18.4 Å². The number of hydrogen-bond acceptors (Lipinski definition) is 3. The Kier molecular flexibility index (Phi) is 6.60. The van der Waals surface area contributed by atoms with Crippen molar-refractivity contribution in [3.8, 4) is 28.7 Å². The summed E-state index contributed by atoms with van der Waals surface area (Å²) in [6.45, 7) is 7.31. The van der Waals surface area contributed by atoms with E-state index in [1.807, 2.05) is 44.2 Å². The maximum Gasteiger partial charge on any atom is 0.131 e. The van der Waals surface area contributed by atoms with Crippen LogP contribution in [0.25, 0.3) is 11.1 Å². The molecule has 0 spiro atoms. The summed E-state index contributed by atoms with van der Waals surface area (Å²) in [5.74, 6) is 6.58. The van der Waals surface area contributed by atoms with Gasteiger partial charge in [-0.15, -0.1) is 5.92 Å². The van der Waals surface area contributed by atoms with Crippen LogP contribution >= 0.6 is 0 Å². The fourth-order valence-electron chi connectivity index (χ4n) is 4.51. The number of aromatic nitrogens is 1. The molecule has 1 aliphatic heterocycles. The number of aryl methyl sites for hydroxylation is 3. The number of pyridine rings is 1. The molecule has 0 N–H and O–H groups in total. The summed E-state index contributed by atoms with van der Waals surface area (Å²) >= 11 is 0. The molecule has 33 heavy (non-hydrogen) atoms. The summed E-state index contributed by atoms with van der Waals surface area (Å²) in [6.07, 6.45) is 1.49. The first-order valence-corrected chi connectivity index (χ1v) is 11.3. The van der Waals surface area contributed by atoms with Crippen LogP contribution in [0.15, 0.2) is 48.5 Å². The van der Waals surface area contributed by atoms with Crippen LogP contribution < -0.4 is 4.74 Å². The highest BCUT2D eigenvalue weighted by atomic mass is 19.1. The lowest BCUT2D eigenvalue weighted by molar-refractivity contribution is -0.117. The van der Waals surface area contributed by atoms with E-state index in [-0.39, 0.29) is 23.6 Å². The van der Waals surface area contributed by atoms with E-state index in [9.17, 15) is 9.18 Å². The second-order valence-corrected chi connectivity index (χ2v) is 8.69. The molecule has 2 aromatic carbocycles. The number of Topliss-reactive ketones (excluding diaryl/α,β-unsaturated/α-hetero) is 1. The van der Waals surface area contributed by atoms with Crippen molar-refractivity contribution in [1.82, 2.24) is 4.98 Å². The molecule has 0 bridgehead atoms. The van der Waals surface area contributed by atoms with E-state index >= 15 is 0 Å². The maximum absolute atomic E-state index is 14.8. The molecule has 1 aliphatic rings. The molecular weight excluding hydrogens is 413 g/mol. The van der Waals surface area contributed by atoms with Gasteiger partial charge in [-0.25, -0.2) is 4.39 Å². The highest BCUT2D eigenvalue weighted by Crippen LogP contribution is 2.39. The van der Waals surface area contributed by atoms with Crippen LogP contribution in [0.5, 0.6) is 5.75 Å². The zero-order chi connectivity index (χ0) is 23.5. The van der Waals surface area contributed by atoms with Crippen molar-refractivity contribution in [1.29, 1.82) is 0 Å². The number of hydrogen-bond donors (Lipinski definition) is 0. The number of carbonyl (C=O) groups is 1. The summed E-state index contributed by atoms with van der Waals surface area (Å²) in [5, 5.41) is 0. The predicted octanol–water partition coefficient (Wildman–Crippen LogP) is 6.66. The van der Waals surface area contributed by atoms with Crippen LogP contribution in [0, 0.1) is 31.5 Å². The van der Waals surface area contributed by atoms with Crippen molar-refractivity contribution in [3.63, 3.8) is 0 Å². The highest BCUT2D eigenvalue weighted by Gasteiger charge is 2.25. The Morgan fingerprint density at radius 2 is 2.00 bits per heavy atom. The molecule has 0 aliphatic carbocycles. The minimum atomic E-state index is -0.356. The van der Waals surface area contributed by atoms with Crippen molar-refractivity contribution in [2.75, 3.05) is 0 Å². The molecule has 0 amide bonds. The van der Waals surface area contributed by atoms with Gasteiger partial charge in [0.25, 0.3) is 0 Å². The van der Waals surface area contributed by atoms with Crippen molar-refractivity contribution < 1.29 is 13.9 Å². The van der Waals surface area contributed by atoms with Crippen molar-refractivity contribution in [3.05, 3.63) is 82.4 Å². The zero-order valence-electron chi connectivity index (χ0n) is 19.5. The fourth-order valence-corrected chi connectivity index (χ4v) is 4.51. The molecule has 168 valence electrons. The van der Waals surface area contributed by atoms with Crippen LogP contribution in [0.2, 0.25) is 0 Å². The van der Waals surface area contributed by atoms with Crippen LogP contribution in [0.4, 0.5) is 4.39 Å². The van der Waals surface area contributed by atoms with Gasteiger partial charge in [0, 0.05) is 28.9 Å². The third-order valence-electron chi connectivity index (χ3n) is 6.12. The smallest absolute Gasteiger partial charge is 0.131 e. The first-order valence-electron chi connectivity index (χ1n) is 11.3. The lowest BCUT2D eigenvalue weighted by atomic mass is 9.89. The monoisotopic (exact) mass is 441 g/mol. The lowest BCUT2D eigenvalue weighted by Crippen LogP contribution is -2.17. The molecule has 4 heteroatoms. The van der Waals surface area contributed by atoms with E-state index < -0.39 is 0 Å². The summed E-state index contributed by atoms with van der Waals surface area (Å²) in [7, 11) is 0. The van der Waals surface area contributed by atoms with Crippen molar-refractivity contribution in [2.45, 2.75) is 59.0 Å². The minimum absolute atomic E-state index is 0.115. The van der Waals surface area contributed by atoms with E-state index in [1.165, 1.54) is 6.07 Å². The van der Waals surface area contributed by atoms with Gasteiger partial charge in [-0.05, 0) is 81.5 Å². The molecule has 4 rings (SSSR count). The Labute approximate surface area is 195 Å². The van der Waals surface area contributed by atoms with Crippen molar-refractivity contribution >= 4 is 5.78 Å². The van der Waals surface area contributed by atoms with Gasteiger partial charge in [-0.3, -0.25) is 9.78 Å². The normalized spacial score (nSPS) is 15.6. The van der Waals surface area contributed by atoms with Crippen LogP contribution in [-0.2, 0) is 11.2 Å². The number of ether oxygens (including phenoxy) is 1. The molecule has 2 heterocycles. The van der Waals surface area contributed by atoms with E-state index in [1.54, 1.807) is 19.9 Å². The Hall–Kier alpha value is -3.45. The second kappa shape index (κ2) is 9.58. The van der Waals surface area contributed by atoms with Crippen LogP contribution in [0.3, 0.4) is 0 Å². The number of rotatable bonds is 5. The van der Waals surface area contributed by atoms with Gasteiger partial charge < -0.3 is 4.74 Å². The van der Waals surface area contributed by atoms with Gasteiger partial charge in [0.1, 0.15) is 23.5 Å². The average Bonchev–Trinajstić information content (AvgIpc) is 2.78. The van der Waals surface area contributed by atoms with Gasteiger partial charge in [0.15, 0.2) is 0 Å². The summed E-state index contributed by atoms with van der Waals surface area (Å²) < 4.78 is 21.1. The number of halogens is 1. The Morgan fingerprint density at radius 3 is 2.73 bits per heavy atom. The van der Waals surface area contributed by atoms with Crippen LogP contribution in [-0.4, -0.2) is 10.8 Å². The number of ketones is 1. The van der Waals surface area contributed by atoms with E-state index in [0.717, 1.165) is 45.8 Å². The van der Waals surface area contributed by atoms with Gasteiger partial charge in [0.05, 0.1) is 5.92 Å². The Bertz CT molecular complexity index is 1270. The van der Waals surface area contributed by atoms with Gasteiger partial charge >= 0.3 is 0 Å². The molecule has 2 atom stereocenters. The molecule has 0 saturated carbocycles. The quantitative estimate of drug-likeness (QED) is 0.416. The summed E-state index contributed by atoms with van der Waals surface area (Å²) in [5.41, 5.74) is 6.48. The first-order chi connectivity index (χ1) is 15.9. The third kappa shape index (κ3) is 4.98. The molecule has 3 nitrogen and oxygen atoms in total. The highest BCUT2D eigenvalue weighted by molar-refractivity contribution is 5.77. The van der Waals surface area contributed by atoms with Gasteiger partial charge in [-0.1, -0.05) is 30.2 Å². The zero-order valence-corrected chi connectivity index (χ0v) is 19.5. The van der Waals surface area contributed by atoms with Crippen molar-refractivity contribution in [2.24, 2.45) is 0 Å².